The predicted molar refractivity (Wildman–Crippen MR) is 58.4 cm³/mol. The number of nitrogens with zero attached hydrogens (tertiary/aromatic N) is 1. The molecule has 17 heavy (non-hydrogen) atoms. The Balaban J connectivity index is 3.00. The van der Waals surface area contributed by atoms with Crippen LogP contribution in [-0.4, -0.2) is 17.5 Å². The van der Waals surface area contributed by atoms with E-state index in [0.717, 1.165) is 12.1 Å². The number of hydrogen-bond donors (Lipinski definition) is 0. The Morgan fingerprint density at radius 1 is 1.59 bits per heavy atom. The molecule has 0 amide bonds. The average molecular weight is 262 g/mol. The maximum atomic E-state index is 13.6. The number of benzene rings is 1. The molecule has 0 radical (unpaired) electrons. The minimum absolute atomic E-state index is 0.0287. The lowest BCUT2D eigenvalue weighted by molar-refractivity contribution is -0.384. The summed E-state index contributed by atoms with van der Waals surface area (Å²) in [5.74, 6) is -1.58. The first kappa shape index (κ1) is 13.4. The van der Waals surface area contributed by atoms with Crippen LogP contribution >= 0.6 is 11.6 Å². The van der Waals surface area contributed by atoms with Crippen LogP contribution in [0, 0.1) is 15.9 Å². The zero-order valence-corrected chi connectivity index (χ0v) is 9.66. The van der Waals surface area contributed by atoms with Crippen molar-refractivity contribution in [2.24, 2.45) is 0 Å². The fourth-order valence-corrected chi connectivity index (χ4v) is 1.48. The molecule has 5 nitrogen and oxygen atoms in total. The van der Waals surface area contributed by atoms with Gasteiger partial charge in [0.25, 0.3) is 5.69 Å². The first-order valence-corrected chi connectivity index (χ1v) is 5.12. The summed E-state index contributed by atoms with van der Waals surface area (Å²) in [6.07, 6.45) is -0.308. The zero-order chi connectivity index (χ0) is 13.0. The standard InChI is InChI=1S/C10H9ClFNO4/c1-2-17-8(14)5-6-3-4-7(13(15)16)9(11)10(6)12/h3-4H,2,5H2,1H3. The second kappa shape index (κ2) is 5.58. The summed E-state index contributed by atoms with van der Waals surface area (Å²) in [6, 6.07) is 2.20. The van der Waals surface area contributed by atoms with E-state index in [4.69, 9.17) is 11.6 Å². The average Bonchev–Trinajstić information content (AvgIpc) is 2.25. The number of halogens is 2. The molecule has 0 heterocycles. The molecular formula is C10H9ClFNO4. The monoisotopic (exact) mass is 261 g/mol. The molecule has 1 rings (SSSR count). The highest BCUT2D eigenvalue weighted by Crippen LogP contribution is 2.29. The number of hydrogen-bond acceptors (Lipinski definition) is 4. The molecule has 0 fully saturated rings. The third kappa shape index (κ3) is 3.13. The number of carbonyl (C=O) groups is 1. The van der Waals surface area contributed by atoms with Gasteiger partial charge in [0.1, 0.15) is 0 Å². The van der Waals surface area contributed by atoms with Gasteiger partial charge in [-0.1, -0.05) is 11.6 Å². The molecule has 0 unspecified atom stereocenters. The Labute approximate surface area is 101 Å². The smallest absolute Gasteiger partial charge is 0.310 e. The minimum Gasteiger partial charge on any atom is -0.466 e. The number of nitro benzene ring substituents is 1. The molecule has 0 aromatic heterocycles. The van der Waals surface area contributed by atoms with Gasteiger partial charge in [0.05, 0.1) is 18.0 Å². The highest BCUT2D eigenvalue weighted by molar-refractivity contribution is 6.32. The number of ether oxygens (including phenoxy) is 1. The Hall–Kier alpha value is -1.69. The lowest BCUT2D eigenvalue weighted by Crippen LogP contribution is -2.09. The number of carbonyl (C=O) groups excluding carboxylic acids is 1. The molecule has 0 saturated carbocycles. The predicted octanol–water partition coefficient (Wildman–Crippen LogP) is 2.49. The molecule has 0 bridgehead atoms. The van der Waals surface area contributed by atoms with Crippen LogP contribution < -0.4 is 0 Å². The molecule has 1 aromatic rings. The molecule has 0 aliphatic carbocycles. The van der Waals surface area contributed by atoms with Crippen LogP contribution in [0.25, 0.3) is 0 Å². The highest BCUT2D eigenvalue weighted by Gasteiger charge is 2.20. The van der Waals surface area contributed by atoms with Crippen molar-refractivity contribution in [2.75, 3.05) is 6.61 Å². The van der Waals surface area contributed by atoms with Crippen molar-refractivity contribution in [3.05, 3.63) is 38.7 Å². The van der Waals surface area contributed by atoms with Gasteiger partial charge in [0, 0.05) is 11.6 Å². The van der Waals surface area contributed by atoms with Gasteiger partial charge in [0.15, 0.2) is 10.8 Å². The minimum atomic E-state index is -0.964. The second-order valence-electron chi connectivity index (χ2n) is 3.11. The van der Waals surface area contributed by atoms with Crippen molar-refractivity contribution in [3.63, 3.8) is 0 Å². The Morgan fingerprint density at radius 3 is 2.76 bits per heavy atom. The van der Waals surface area contributed by atoms with Crippen molar-refractivity contribution in [3.8, 4) is 0 Å². The molecule has 92 valence electrons. The largest absolute Gasteiger partial charge is 0.466 e. The molecular weight excluding hydrogens is 253 g/mol. The quantitative estimate of drug-likeness (QED) is 0.474. The zero-order valence-electron chi connectivity index (χ0n) is 8.91. The molecule has 0 spiro atoms. The van der Waals surface area contributed by atoms with Gasteiger partial charge in [-0.25, -0.2) is 4.39 Å². The summed E-state index contributed by atoms with van der Waals surface area (Å²) in [5, 5.41) is 9.87. The molecule has 0 aliphatic rings. The maximum absolute atomic E-state index is 13.6. The van der Waals surface area contributed by atoms with Crippen LogP contribution in [0.4, 0.5) is 10.1 Å². The maximum Gasteiger partial charge on any atom is 0.310 e. The number of esters is 1. The van der Waals surface area contributed by atoms with Crippen LogP contribution in [0.1, 0.15) is 12.5 Å². The molecule has 0 atom stereocenters. The number of rotatable bonds is 4. The van der Waals surface area contributed by atoms with Crippen molar-refractivity contribution >= 4 is 23.3 Å². The van der Waals surface area contributed by atoms with E-state index in [1.165, 1.54) is 0 Å². The summed E-state index contributed by atoms with van der Waals surface area (Å²) in [7, 11) is 0. The third-order valence-corrected chi connectivity index (χ3v) is 2.34. The van der Waals surface area contributed by atoms with E-state index in [1.54, 1.807) is 6.92 Å². The van der Waals surface area contributed by atoms with E-state index in [1.807, 2.05) is 0 Å². The second-order valence-corrected chi connectivity index (χ2v) is 3.49. The molecule has 0 N–H and O–H groups in total. The van der Waals surface area contributed by atoms with Gasteiger partial charge in [-0.2, -0.15) is 0 Å². The van der Waals surface area contributed by atoms with Gasteiger partial charge in [0.2, 0.25) is 0 Å². The van der Waals surface area contributed by atoms with Gasteiger partial charge < -0.3 is 4.74 Å². The first-order valence-electron chi connectivity index (χ1n) is 4.74. The lowest BCUT2D eigenvalue weighted by atomic mass is 10.1. The van der Waals surface area contributed by atoms with E-state index >= 15 is 0 Å². The molecule has 7 heteroatoms. The summed E-state index contributed by atoms with van der Waals surface area (Å²) >= 11 is 5.49. The fraction of sp³-hybridized carbons (Fsp3) is 0.300. The fourth-order valence-electron chi connectivity index (χ4n) is 1.22. The molecule has 0 aliphatic heterocycles. The van der Waals surface area contributed by atoms with Crippen molar-refractivity contribution in [1.29, 1.82) is 0 Å². The number of nitro groups is 1. The van der Waals surface area contributed by atoms with Crippen LogP contribution in [0.2, 0.25) is 5.02 Å². The highest BCUT2D eigenvalue weighted by atomic mass is 35.5. The summed E-state index contributed by atoms with van der Waals surface area (Å²) in [5.41, 5.74) is -0.559. The normalized spacial score (nSPS) is 10.1. The van der Waals surface area contributed by atoms with Gasteiger partial charge in [-0.05, 0) is 13.0 Å². The summed E-state index contributed by atoms with van der Waals surface area (Å²) < 4.78 is 18.2. The topological polar surface area (TPSA) is 69.4 Å². The lowest BCUT2D eigenvalue weighted by Gasteiger charge is -2.04. The third-order valence-electron chi connectivity index (χ3n) is 1.98. The van der Waals surface area contributed by atoms with E-state index in [2.05, 4.69) is 4.74 Å². The van der Waals surface area contributed by atoms with Gasteiger partial charge in [-0.3, -0.25) is 14.9 Å². The first-order chi connectivity index (χ1) is 7.97. The van der Waals surface area contributed by atoms with Gasteiger partial charge in [-0.15, -0.1) is 0 Å². The Bertz CT molecular complexity index is 464. The van der Waals surface area contributed by atoms with E-state index < -0.39 is 27.4 Å². The van der Waals surface area contributed by atoms with Crippen molar-refractivity contribution in [2.45, 2.75) is 13.3 Å². The van der Waals surface area contributed by atoms with E-state index in [-0.39, 0.29) is 18.6 Å². The Kier molecular flexibility index (Phi) is 4.39. The molecule has 1 aromatic carbocycles. The van der Waals surface area contributed by atoms with Crippen LogP contribution in [0.5, 0.6) is 0 Å². The molecule has 0 saturated heterocycles. The van der Waals surface area contributed by atoms with Crippen LogP contribution in [-0.2, 0) is 16.0 Å². The summed E-state index contributed by atoms with van der Waals surface area (Å²) in [4.78, 5) is 20.8. The Morgan fingerprint density at radius 2 is 2.24 bits per heavy atom. The van der Waals surface area contributed by atoms with Gasteiger partial charge >= 0.3 is 5.97 Å². The van der Waals surface area contributed by atoms with Crippen LogP contribution in [0.3, 0.4) is 0 Å². The van der Waals surface area contributed by atoms with Crippen LogP contribution in [0.15, 0.2) is 12.1 Å². The van der Waals surface area contributed by atoms with E-state index in [0.29, 0.717) is 0 Å². The van der Waals surface area contributed by atoms with Crippen molar-refractivity contribution < 1.29 is 18.8 Å². The van der Waals surface area contributed by atoms with Crippen molar-refractivity contribution in [1.82, 2.24) is 0 Å². The van der Waals surface area contributed by atoms with E-state index in [9.17, 15) is 19.3 Å². The SMILES string of the molecule is CCOC(=O)Cc1ccc([N+](=O)[O-])c(Cl)c1F. The summed E-state index contributed by atoms with van der Waals surface area (Å²) in [6.45, 7) is 1.80.